The van der Waals surface area contributed by atoms with Crippen LogP contribution in [0.4, 0.5) is 13.6 Å². The van der Waals surface area contributed by atoms with Crippen LogP contribution < -0.4 is 10.6 Å². The Balaban J connectivity index is 1.52. The molecule has 9 heteroatoms. The zero-order chi connectivity index (χ0) is 23.3. The zero-order valence-corrected chi connectivity index (χ0v) is 17.4. The van der Waals surface area contributed by atoms with Crippen molar-refractivity contribution < 1.29 is 33.0 Å². The number of carbonyl (C=O) groups excluding carboxylic acids is 2. The molecule has 2 amide bonds. The van der Waals surface area contributed by atoms with Crippen molar-refractivity contribution in [2.24, 2.45) is 0 Å². The molecule has 1 aliphatic rings. The van der Waals surface area contributed by atoms with Crippen molar-refractivity contribution in [2.75, 3.05) is 13.2 Å². The smallest absolute Gasteiger partial charge is 0.407 e. The average molecular weight is 446 g/mol. The molecule has 2 aromatic rings. The van der Waals surface area contributed by atoms with Crippen LogP contribution in [-0.2, 0) is 14.3 Å². The first-order chi connectivity index (χ1) is 15.2. The van der Waals surface area contributed by atoms with E-state index >= 15 is 0 Å². The van der Waals surface area contributed by atoms with Gasteiger partial charge in [0.25, 0.3) is 5.91 Å². The molecule has 0 radical (unpaired) electrons. The fourth-order valence-corrected chi connectivity index (χ4v) is 3.65. The summed E-state index contributed by atoms with van der Waals surface area (Å²) in [5.41, 5.74) is 4.05. The van der Waals surface area contributed by atoms with E-state index in [-0.39, 0.29) is 25.4 Å². The first-order valence-electron chi connectivity index (χ1n) is 10.2. The lowest BCUT2D eigenvalue weighted by Gasteiger charge is -2.20. The molecule has 1 atom stereocenters. The number of carboxylic acid groups (broad SMARTS) is 1. The Morgan fingerprint density at radius 1 is 1.06 bits per heavy atom. The van der Waals surface area contributed by atoms with Crippen LogP contribution in [0, 0.1) is 0 Å². The summed E-state index contributed by atoms with van der Waals surface area (Å²) in [5.74, 6) is -6.76. The molecule has 0 aliphatic heterocycles. The lowest BCUT2D eigenvalue weighted by Crippen LogP contribution is -2.50. The largest absolute Gasteiger partial charge is 0.481 e. The standard InChI is InChI=1S/C23H24F2N2O5/c1-14(10-11-20(28)29)27-21(30)23(24,25)13-26-22(31)32-12-19-17-8-4-2-6-15(17)16-7-3-5-9-18(16)19/h2-9,14,19H,10-13H2,1H3,(H,26,31)(H,27,30)(H,28,29). The molecule has 3 rings (SSSR count). The Labute approximate surface area is 183 Å². The third-order valence-corrected chi connectivity index (χ3v) is 5.30. The van der Waals surface area contributed by atoms with E-state index in [0.29, 0.717) is 0 Å². The van der Waals surface area contributed by atoms with Gasteiger partial charge in [0.2, 0.25) is 0 Å². The summed E-state index contributed by atoms with van der Waals surface area (Å²) >= 11 is 0. The van der Waals surface area contributed by atoms with Gasteiger partial charge in [0.05, 0.1) is 6.54 Å². The van der Waals surface area contributed by atoms with Crippen molar-refractivity contribution >= 4 is 18.0 Å². The summed E-state index contributed by atoms with van der Waals surface area (Å²) < 4.78 is 33.3. The molecule has 0 saturated carbocycles. The van der Waals surface area contributed by atoms with Gasteiger partial charge in [-0.3, -0.25) is 9.59 Å². The summed E-state index contributed by atoms with van der Waals surface area (Å²) in [6.45, 7) is 0.154. The number of benzene rings is 2. The van der Waals surface area contributed by atoms with E-state index in [1.807, 2.05) is 53.8 Å². The zero-order valence-electron chi connectivity index (χ0n) is 17.4. The van der Waals surface area contributed by atoms with Crippen LogP contribution in [0.15, 0.2) is 48.5 Å². The van der Waals surface area contributed by atoms with Crippen LogP contribution in [0.2, 0.25) is 0 Å². The van der Waals surface area contributed by atoms with Crippen molar-refractivity contribution in [1.82, 2.24) is 10.6 Å². The van der Waals surface area contributed by atoms with Crippen LogP contribution in [0.25, 0.3) is 11.1 Å². The predicted octanol–water partition coefficient (Wildman–Crippen LogP) is 3.53. The molecule has 0 heterocycles. The van der Waals surface area contributed by atoms with Crippen molar-refractivity contribution in [3.05, 3.63) is 59.7 Å². The minimum atomic E-state index is -3.87. The van der Waals surface area contributed by atoms with Gasteiger partial charge in [0, 0.05) is 18.4 Å². The Kier molecular flexibility index (Phi) is 7.07. The number of halogens is 2. The third-order valence-electron chi connectivity index (χ3n) is 5.30. The van der Waals surface area contributed by atoms with Gasteiger partial charge >= 0.3 is 18.0 Å². The Hall–Kier alpha value is -3.49. The van der Waals surface area contributed by atoms with Crippen LogP contribution >= 0.6 is 0 Å². The molecule has 0 bridgehead atoms. The minimum absolute atomic E-state index is 0.0109. The van der Waals surface area contributed by atoms with Gasteiger partial charge in [-0.15, -0.1) is 0 Å². The quantitative estimate of drug-likeness (QED) is 0.547. The van der Waals surface area contributed by atoms with Crippen LogP contribution in [-0.4, -0.2) is 48.2 Å². The summed E-state index contributed by atoms with van der Waals surface area (Å²) in [5, 5.41) is 12.6. The topological polar surface area (TPSA) is 105 Å². The number of hydrogen-bond donors (Lipinski definition) is 3. The third kappa shape index (κ3) is 5.40. The molecule has 7 nitrogen and oxygen atoms in total. The SMILES string of the molecule is CC(CCC(=O)O)NC(=O)C(F)(F)CNC(=O)OCC1c2ccccc2-c2ccccc21. The van der Waals surface area contributed by atoms with Gasteiger partial charge < -0.3 is 20.5 Å². The van der Waals surface area contributed by atoms with Crippen LogP contribution in [0.5, 0.6) is 0 Å². The lowest BCUT2D eigenvalue weighted by atomic mass is 9.98. The van der Waals surface area contributed by atoms with Crippen LogP contribution in [0.1, 0.15) is 36.8 Å². The number of alkyl carbamates (subject to hydrolysis) is 1. The van der Waals surface area contributed by atoms with Gasteiger partial charge in [-0.05, 0) is 35.6 Å². The van der Waals surface area contributed by atoms with E-state index in [0.717, 1.165) is 22.3 Å². The number of fused-ring (bicyclic) bond motifs is 3. The number of carboxylic acids is 1. The molecule has 0 fully saturated rings. The molecule has 0 saturated heterocycles. The molecule has 3 N–H and O–H groups in total. The molecule has 1 aliphatic carbocycles. The van der Waals surface area contributed by atoms with E-state index in [1.165, 1.54) is 6.92 Å². The highest BCUT2D eigenvalue weighted by molar-refractivity contribution is 5.84. The van der Waals surface area contributed by atoms with E-state index < -0.39 is 36.5 Å². The monoisotopic (exact) mass is 446 g/mol. The molecule has 170 valence electrons. The molecule has 1 unspecified atom stereocenters. The van der Waals surface area contributed by atoms with Crippen molar-refractivity contribution in [1.29, 1.82) is 0 Å². The first kappa shape index (κ1) is 23.2. The second-order valence-corrected chi connectivity index (χ2v) is 7.69. The average Bonchev–Trinajstić information content (AvgIpc) is 3.08. The van der Waals surface area contributed by atoms with E-state index in [9.17, 15) is 23.2 Å². The Morgan fingerprint density at radius 3 is 2.19 bits per heavy atom. The highest BCUT2D eigenvalue weighted by Gasteiger charge is 2.40. The second kappa shape index (κ2) is 9.76. The van der Waals surface area contributed by atoms with Gasteiger partial charge in [-0.2, -0.15) is 8.78 Å². The maximum Gasteiger partial charge on any atom is 0.407 e. The number of alkyl halides is 2. The fourth-order valence-electron chi connectivity index (χ4n) is 3.65. The summed E-state index contributed by atoms with van der Waals surface area (Å²) in [7, 11) is 0. The normalized spacial score (nSPS) is 13.6. The van der Waals surface area contributed by atoms with E-state index in [1.54, 1.807) is 0 Å². The highest BCUT2D eigenvalue weighted by atomic mass is 19.3. The maximum absolute atomic E-state index is 14.1. The summed E-state index contributed by atoms with van der Waals surface area (Å²) in [6, 6.07) is 14.7. The van der Waals surface area contributed by atoms with Gasteiger partial charge in [-0.25, -0.2) is 4.79 Å². The van der Waals surface area contributed by atoms with E-state index in [2.05, 4.69) is 5.32 Å². The number of amides is 2. The summed E-state index contributed by atoms with van der Waals surface area (Å²) in [6.07, 6.45) is -1.31. The Bertz CT molecular complexity index is 966. The van der Waals surface area contributed by atoms with Gasteiger partial charge in [0.1, 0.15) is 6.61 Å². The second-order valence-electron chi connectivity index (χ2n) is 7.69. The number of carbonyl (C=O) groups is 3. The van der Waals surface area contributed by atoms with Crippen molar-refractivity contribution in [3.8, 4) is 11.1 Å². The van der Waals surface area contributed by atoms with Crippen molar-refractivity contribution in [2.45, 2.75) is 37.6 Å². The van der Waals surface area contributed by atoms with Gasteiger partial charge in [-0.1, -0.05) is 48.5 Å². The molecular weight excluding hydrogens is 422 g/mol. The molecule has 0 spiro atoms. The fraction of sp³-hybridized carbons (Fsp3) is 0.348. The van der Waals surface area contributed by atoms with Gasteiger partial charge in [0.15, 0.2) is 0 Å². The molecule has 0 aromatic heterocycles. The highest BCUT2D eigenvalue weighted by Crippen LogP contribution is 2.44. The van der Waals surface area contributed by atoms with Crippen LogP contribution in [0.3, 0.4) is 0 Å². The first-order valence-corrected chi connectivity index (χ1v) is 10.2. The summed E-state index contributed by atoms with van der Waals surface area (Å²) in [4.78, 5) is 34.3. The lowest BCUT2D eigenvalue weighted by molar-refractivity contribution is -0.146. The number of rotatable bonds is 9. The predicted molar refractivity (Wildman–Crippen MR) is 112 cm³/mol. The number of nitrogens with one attached hydrogen (secondary N) is 2. The Morgan fingerprint density at radius 2 is 1.62 bits per heavy atom. The maximum atomic E-state index is 14.1. The number of hydrogen-bond acceptors (Lipinski definition) is 4. The number of ether oxygens (including phenoxy) is 1. The minimum Gasteiger partial charge on any atom is -0.481 e. The van der Waals surface area contributed by atoms with Crippen molar-refractivity contribution in [3.63, 3.8) is 0 Å². The van der Waals surface area contributed by atoms with E-state index in [4.69, 9.17) is 9.84 Å². The molecule has 2 aromatic carbocycles. The number of aliphatic carboxylic acids is 1. The molecular formula is C23H24F2N2O5. The molecule has 32 heavy (non-hydrogen) atoms.